The second-order valence-electron chi connectivity index (χ2n) is 8.86. The molecule has 1 aliphatic rings. The molecule has 0 bridgehead atoms. The molecule has 1 saturated heterocycles. The van der Waals surface area contributed by atoms with Crippen LogP contribution >= 0.6 is 0 Å². The molecule has 0 amide bonds. The number of hydrogen-bond donors (Lipinski definition) is 2. The Morgan fingerprint density at radius 3 is 2.52 bits per heavy atom. The molecule has 7 nitrogen and oxygen atoms in total. The highest BCUT2D eigenvalue weighted by Crippen LogP contribution is 2.33. The van der Waals surface area contributed by atoms with Crippen LogP contribution in [-0.2, 0) is 5.54 Å². The summed E-state index contributed by atoms with van der Waals surface area (Å²) in [4.78, 5) is 30.2. The predicted octanol–water partition coefficient (Wildman–Crippen LogP) is 2.16. The van der Waals surface area contributed by atoms with Gasteiger partial charge in [0.2, 0.25) is 5.43 Å². The van der Waals surface area contributed by atoms with Crippen LogP contribution in [0.1, 0.15) is 45.0 Å². The highest BCUT2D eigenvalue weighted by Gasteiger charge is 2.38. The number of aromatic nitrogens is 2. The maximum atomic E-state index is 14.9. The van der Waals surface area contributed by atoms with Crippen molar-refractivity contribution in [2.45, 2.75) is 46.2 Å². The van der Waals surface area contributed by atoms with E-state index in [0.717, 1.165) is 6.07 Å². The molecule has 3 heterocycles. The van der Waals surface area contributed by atoms with E-state index in [4.69, 9.17) is 5.73 Å². The molecule has 0 unspecified atom stereocenters. The monoisotopic (exact) mass is 376 g/mol. The minimum atomic E-state index is -1.35. The lowest BCUT2D eigenvalue weighted by atomic mass is 9.89. The molecular formula is C19H25FN4O3. The number of carboxylic acids is 1. The van der Waals surface area contributed by atoms with Gasteiger partial charge in [-0.2, -0.15) is 0 Å². The molecule has 2 aromatic rings. The molecule has 1 fully saturated rings. The van der Waals surface area contributed by atoms with Gasteiger partial charge in [-0.1, -0.05) is 13.8 Å². The van der Waals surface area contributed by atoms with Crippen molar-refractivity contribution in [3.63, 3.8) is 0 Å². The van der Waals surface area contributed by atoms with Crippen molar-refractivity contribution in [3.8, 4) is 0 Å². The number of pyridine rings is 2. The molecule has 8 heteroatoms. The third-order valence-electron chi connectivity index (χ3n) is 5.18. The fourth-order valence-corrected chi connectivity index (χ4v) is 3.42. The van der Waals surface area contributed by atoms with Crippen LogP contribution in [0.3, 0.4) is 0 Å². The van der Waals surface area contributed by atoms with Crippen molar-refractivity contribution < 1.29 is 14.3 Å². The molecule has 27 heavy (non-hydrogen) atoms. The zero-order chi connectivity index (χ0) is 20.3. The maximum absolute atomic E-state index is 14.9. The predicted molar refractivity (Wildman–Crippen MR) is 102 cm³/mol. The number of fused-ring (bicyclic) bond motifs is 1. The first-order chi connectivity index (χ1) is 12.3. The van der Waals surface area contributed by atoms with Gasteiger partial charge in [0.15, 0.2) is 11.6 Å². The van der Waals surface area contributed by atoms with Crippen LogP contribution in [-0.4, -0.2) is 39.8 Å². The lowest BCUT2D eigenvalue weighted by molar-refractivity contribution is 0.0694. The molecular weight excluding hydrogens is 351 g/mol. The van der Waals surface area contributed by atoms with E-state index < -0.39 is 28.3 Å². The number of carbonyl (C=O) groups is 1. The highest BCUT2D eigenvalue weighted by molar-refractivity contribution is 5.92. The lowest BCUT2D eigenvalue weighted by Gasteiger charge is -2.27. The van der Waals surface area contributed by atoms with Crippen LogP contribution < -0.4 is 16.1 Å². The van der Waals surface area contributed by atoms with Gasteiger partial charge in [0.1, 0.15) is 11.2 Å². The van der Waals surface area contributed by atoms with Gasteiger partial charge in [-0.25, -0.2) is 14.2 Å². The summed E-state index contributed by atoms with van der Waals surface area (Å²) in [6.45, 7) is 10.6. The molecule has 0 aliphatic carbocycles. The van der Waals surface area contributed by atoms with Crippen molar-refractivity contribution in [2.24, 2.45) is 11.1 Å². The van der Waals surface area contributed by atoms with Gasteiger partial charge in [0.05, 0.1) is 5.39 Å². The Morgan fingerprint density at radius 2 is 2.04 bits per heavy atom. The van der Waals surface area contributed by atoms with Crippen LogP contribution in [0, 0.1) is 11.2 Å². The first-order valence-corrected chi connectivity index (χ1v) is 8.83. The summed E-state index contributed by atoms with van der Waals surface area (Å²) in [7, 11) is 0. The summed E-state index contributed by atoms with van der Waals surface area (Å²) >= 11 is 0. The van der Waals surface area contributed by atoms with E-state index >= 15 is 0 Å². The Morgan fingerprint density at radius 1 is 1.41 bits per heavy atom. The number of aromatic carboxylic acids is 1. The Balaban J connectivity index is 2.30. The minimum Gasteiger partial charge on any atom is -0.477 e. The van der Waals surface area contributed by atoms with E-state index in [0.29, 0.717) is 13.1 Å². The third kappa shape index (κ3) is 3.18. The first-order valence-electron chi connectivity index (χ1n) is 8.83. The fraction of sp³-hybridized carbons (Fsp3) is 0.526. The fourth-order valence-electron chi connectivity index (χ4n) is 3.42. The van der Waals surface area contributed by atoms with Crippen LogP contribution in [0.2, 0.25) is 0 Å². The molecule has 1 aliphatic heterocycles. The van der Waals surface area contributed by atoms with Gasteiger partial charge in [0, 0.05) is 30.9 Å². The summed E-state index contributed by atoms with van der Waals surface area (Å²) in [5.74, 6) is -1.88. The minimum absolute atomic E-state index is 0.0474. The summed E-state index contributed by atoms with van der Waals surface area (Å²) < 4.78 is 16.5. The Bertz CT molecular complexity index is 991. The number of carboxylic acid groups (broad SMARTS) is 1. The maximum Gasteiger partial charge on any atom is 0.341 e. The van der Waals surface area contributed by atoms with Gasteiger partial charge in [-0.3, -0.25) is 4.79 Å². The summed E-state index contributed by atoms with van der Waals surface area (Å²) in [6.07, 6.45) is 1.28. The number of halogens is 1. The van der Waals surface area contributed by atoms with Gasteiger partial charge in [-0.15, -0.1) is 0 Å². The molecule has 2 aromatic heterocycles. The van der Waals surface area contributed by atoms with Crippen LogP contribution in [0.15, 0.2) is 17.1 Å². The zero-order valence-corrected chi connectivity index (χ0v) is 16.2. The number of nitrogens with two attached hydrogens (primary N) is 1. The van der Waals surface area contributed by atoms with Gasteiger partial charge in [-0.05, 0) is 32.3 Å². The van der Waals surface area contributed by atoms with Crippen LogP contribution in [0.25, 0.3) is 11.0 Å². The van der Waals surface area contributed by atoms with Gasteiger partial charge < -0.3 is 20.3 Å². The topological polar surface area (TPSA) is 101 Å². The molecule has 0 aromatic carbocycles. The molecule has 146 valence electrons. The number of rotatable bonds is 2. The average molecular weight is 376 g/mol. The smallest absolute Gasteiger partial charge is 0.341 e. The quantitative estimate of drug-likeness (QED) is 0.833. The van der Waals surface area contributed by atoms with E-state index in [1.54, 1.807) is 9.47 Å². The van der Waals surface area contributed by atoms with Gasteiger partial charge in [0.25, 0.3) is 0 Å². The Hall–Kier alpha value is -2.48. The third-order valence-corrected chi connectivity index (χ3v) is 5.18. The Labute approximate surface area is 156 Å². The number of hydrogen-bond acceptors (Lipinski definition) is 5. The van der Waals surface area contributed by atoms with E-state index in [1.165, 1.54) is 6.20 Å². The number of anilines is 1. The first kappa shape index (κ1) is 19.3. The lowest BCUT2D eigenvalue weighted by Crippen LogP contribution is -2.35. The standard InChI is InChI=1S/C19H25FN4O3/c1-18(2,3)24-7-11(17(26)27)14(25)10-6-12(20)16(22-15(10)24)23-8-13(21)19(4,5)9-23/h6-7,13H,8-9,21H2,1-5H3,(H,26,27)/t13-/m1/s1. The van der Waals surface area contributed by atoms with Crippen molar-refractivity contribution in [1.29, 1.82) is 0 Å². The Kier molecular flexibility index (Phi) is 4.30. The molecule has 0 spiro atoms. The van der Waals surface area contributed by atoms with Crippen LogP contribution in [0.5, 0.6) is 0 Å². The van der Waals surface area contributed by atoms with Crippen LogP contribution in [0.4, 0.5) is 10.2 Å². The SMILES string of the molecule is CC1(C)CN(c2nc3c(cc2F)c(=O)c(C(=O)O)cn3C(C)(C)C)C[C@H]1N. The van der Waals surface area contributed by atoms with Crippen molar-refractivity contribution in [1.82, 2.24) is 9.55 Å². The summed E-state index contributed by atoms with van der Waals surface area (Å²) in [6, 6.07) is 0.958. The second-order valence-corrected chi connectivity index (χ2v) is 8.86. The molecule has 3 rings (SSSR count). The largest absolute Gasteiger partial charge is 0.477 e. The van der Waals surface area contributed by atoms with Crippen molar-refractivity contribution in [2.75, 3.05) is 18.0 Å². The van der Waals surface area contributed by atoms with E-state index in [-0.39, 0.29) is 28.3 Å². The molecule has 0 saturated carbocycles. The highest BCUT2D eigenvalue weighted by atomic mass is 19.1. The van der Waals surface area contributed by atoms with Gasteiger partial charge >= 0.3 is 5.97 Å². The van der Waals surface area contributed by atoms with E-state index in [2.05, 4.69) is 4.98 Å². The molecule has 1 atom stereocenters. The summed E-state index contributed by atoms with van der Waals surface area (Å²) in [5.41, 5.74) is 4.52. The van der Waals surface area contributed by atoms with Crippen molar-refractivity contribution >= 4 is 22.8 Å². The zero-order valence-electron chi connectivity index (χ0n) is 16.2. The normalized spacial score (nSPS) is 19.7. The molecule has 3 N–H and O–H groups in total. The number of nitrogens with zero attached hydrogens (tertiary/aromatic N) is 3. The molecule has 0 radical (unpaired) electrons. The van der Waals surface area contributed by atoms with E-state index in [1.807, 2.05) is 34.6 Å². The summed E-state index contributed by atoms with van der Waals surface area (Å²) in [5, 5.41) is 9.30. The van der Waals surface area contributed by atoms with E-state index in [9.17, 15) is 19.1 Å². The second kappa shape index (κ2) is 6.02. The average Bonchev–Trinajstić information content (AvgIpc) is 2.79. The van der Waals surface area contributed by atoms with Crippen molar-refractivity contribution in [3.05, 3.63) is 33.9 Å².